The molecule has 3 saturated heterocycles. The number of amides is 3. The van der Waals surface area contributed by atoms with Crippen molar-refractivity contribution in [2.24, 2.45) is 5.92 Å². The molecule has 3 fully saturated rings. The number of carbonyl (C=O) groups excluding carboxylic acids is 2. The van der Waals surface area contributed by atoms with Gasteiger partial charge in [-0.05, 0) is 36.5 Å². The molecular weight excluding hydrogens is 342 g/mol. The number of fused-ring (bicyclic) bond motifs is 4. The first-order chi connectivity index (χ1) is 11.8. The van der Waals surface area contributed by atoms with Crippen LogP contribution in [0.4, 0.5) is 4.79 Å². The van der Waals surface area contributed by atoms with Gasteiger partial charge >= 0.3 is 6.03 Å². The Morgan fingerprint density at radius 3 is 2.68 bits per heavy atom. The van der Waals surface area contributed by atoms with Crippen molar-refractivity contribution < 1.29 is 14.7 Å². The Morgan fingerprint density at radius 1 is 1.24 bits per heavy atom. The predicted octanol–water partition coefficient (Wildman–Crippen LogP) is 2.19. The molecule has 25 heavy (non-hydrogen) atoms. The fourth-order valence-electron chi connectivity index (χ4n) is 3.76. The fourth-order valence-corrected chi connectivity index (χ4v) is 3.97. The molecule has 3 aliphatic rings. The third-order valence-electron chi connectivity index (χ3n) is 5.05. The van der Waals surface area contributed by atoms with Crippen LogP contribution in [0.3, 0.4) is 0 Å². The van der Waals surface area contributed by atoms with Crippen LogP contribution in [0.1, 0.15) is 18.4 Å². The standard InChI is InChI=1S/C18H24ClN3O3/c1-20(2)18(25)21-9-13-3-5-14(11-21)22(10-13)17(24)8-12-4-6-16(23)15(19)7-12/h4,6-7,13-14,23H,3,5,8-11H2,1-2H3/t13-,14+/m0/s1. The molecule has 1 N–H and O–H groups in total. The number of hydrogen-bond donors (Lipinski definition) is 1. The molecule has 1 aromatic carbocycles. The van der Waals surface area contributed by atoms with Crippen molar-refractivity contribution >= 4 is 23.5 Å². The van der Waals surface area contributed by atoms with Gasteiger partial charge in [0.1, 0.15) is 5.75 Å². The van der Waals surface area contributed by atoms with Gasteiger partial charge in [0.15, 0.2) is 0 Å². The topological polar surface area (TPSA) is 64.1 Å². The van der Waals surface area contributed by atoms with Crippen molar-refractivity contribution in [2.45, 2.75) is 25.3 Å². The average molecular weight is 366 g/mol. The van der Waals surface area contributed by atoms with Crippen LogP contribution in [0.25, 0.3) is 0 Å². The lowest BCUT2D eigenvalue weighted by Gasteiger charge is -2.36. The van der Waals surface area contributed by atoms with Crippen LogP contribution in [-0.2, 0) is 11.2 Å². The number of hydrogen-bond acceptors (Lipinski definition) is 3. The van der Waals surface area contributed by atoms with E-state index in [0.717, 1.165) is 18.4 Å². The molecule has 0 radical (unpaired) electrons. The number of carbonyl (C=O) groups is 2. The smallest absolute Gasteiger partial charge is 0.319 e. The Morgan fingerprint density at radius 2 is 2.00 bits per heavy atom. The monoisotopic (exact) mass is 365 g/mol. The van der Waals surface area contributed by atoms with Gasteiger partial charge in [0.05, 0.1) is 11.4 Å². The van der Waals surface area contributed by atoms with Crippen molar-refractivity contribution in [1.82, 2.24) is 14.7 Å². The number of benzene rings is 1. The van der Waals surface area contributed by atoms with Crippen molar-refractivity contribution in [3.8, 4) is 5.75 Å². The van der Waals surface area contributed by atoms with E-state index in [9.17, 15) is 14.7 Å². The number of aromatic hydroxyl groups is 1. The zero-order valence-corrected chi connectivity index (χ0v) is 15.4. The van der Waals surface area contributed by atoms with Crippen LogP contribution in [0, 0.1) is 5.92 Å². The highest BCUT2D eigenvalue weighted by atomic mass is 35.5. The summed E-state index contributed by atoms with van der Waals surface area (Å²) in [7, 11) is 3.51. The van der Waals surface area contributed by atoms with Crippen LogP contribution >= 0.6 is 11.6 Å². The van der Waals surface area contributed by atoms with Gasteiger partial charge in [-0.3, -0.25) is 4.79 Å². The molecule has 0 aromatic heterocycles. The SMILES string of the molecule is CN(C)C(=O)N1C[C@@H]2CC[C@H](C1)N(C(=O)Cc1ccc(O)c(Cl)c1)C2. The second kappa shape index (κ2) is 7.12. The average Bonchev–Trinajstić information content (AvgIpc) is 2.89. The number of phenolic OH excluding ortho intramolecular Hbond substituents is 1. The lowest BCUT2D eigenvalue weighted by atomic mass is 9.94. The minimum atomic E-state index is 0.0107. The number of phenols is 1. The lowest BCUT2D eigenvalue weighted by Crippen LogP contribution is -2.49. The lowest BCUT2D eigenvalue weighted by molar-refractivity contribution is -0.134. The van der Waals surface area contributed by atoms with Gasteiger partial charge in [-0.2, -0.15) is 0 Å². The molecule has 4 rings (SSSR count). The van der Waals surface area contributed by atoms with E-state index < -0.39 is 0 Å². The zero-order chi connectivity index (χ0) is 18.1. The summed E-state index contributed by atoms with van der Waals surface area (Å²) in [6.45, 7) is 2.00. The van der Waals surface area contributed by atoms with E-state index in [2.05, 4.69) is 0 Å². The van der Waals surface area contributed by atoms with Crippen molar-refractivity contribution in [2.75, 3.05) is 33.7 Å². The third kappa shape index (κ3) is 3.84. The summed E-state index contributed by atoms with van der Waals surface area (Å²) in [4.78, 5) is 30.5. The maximum Gasteiger partial charge on any atom is 0.319 e. The van der Waals surface area contributed by atoms with E-state index in [4.69, 9.17) is 11.6 Å². The van der Waals surface area contributed by atoms with Crippen LogP contribution in [0.2, 0.25) is 5.02 Å². The van der Waals surface area contributed by atoms with E-state index in [1.807, 2.05) is 9.80 Å². The highest BCUT2D eigenvalue weighted by Gasteiger charge is 2.38. The Labute approximate surface area is 152 Å². The van der Waals surface area contributed by atoms with E-state index >= 15 is 0 Å². The summed E-state index contributed by atoms with van der Waals surface area (Å²) in [6, 6.07) is 4.94. The van der Waals surface area contributed by atoms with E-state index in [0.29, 0.717) is 25.6 Å². The highest BCUT2D eigenvalue weighted by Crippen LogP contribution is 2.30. The second-order valence-corrected chi connectivity index (χ2v) is 7.60. The molecule has 0 aliphatic carbocycles. The number of halogens is 1. The molecule has 0 unspecified atom stereocenters. The van der Waals surface area contributed by atoms with Gasteiger partial charge < -0.3 is 19.8 Å². The van der Waals surface area contributed by atoms with Crippen molar-refractivity contribution in [1.29, 1.82) is 0 Å². The van der Waals surface area contributed by atoms with Crippen molar-refractivity contribution in [3.63, 3.8) is 0 Å². The molecular formula is C18H24ClN3O3. The third-order valence-corrected chi connectivity index (χ3v) is 5.36. The maximum atomic E-state index is 12.8. The maximum absolute atomic E-state index is 12.8. The van der Waals surface area contributed by atoms with Crippen LogP contribution in [-0.4, -0.2) is 71.5 Å². The Kier molecular flexibility index (Phi) is 5.08. The molecule has 3 heterocycles. The molecule has 0 spiro atoms. The summed E-state index contributed by atoms with van der Waals surface area (Å²) in [5, 5.41) is 9.76. The number of nitrogens with zero attached hydrogens (tertiary/aromatic N) is 3. The zero-order valence-electron chi connectivity index (χ0n) is 14.6. The molecule has 0 saturated carbocycles. The van der Waals surface area contributed by atoms with E-state index in [1.54, 1.807) is 31.1 Å². The number of piperidine rings is 1. The first kappa shape index (κ1) is 17.9. The van der Waals surface area contributed by atoms with Crippen LogP contribution < -0.4 is 0 Å². The molecule has 1 aromatic rings. The normalized spacial score (nSPS) is 22.7. The Bertz CT molecular complexity index is 680. The summed E-state index contributed by atoms with van der Waals surface area (Å²) >= 11 is 5.93. The molecule has 2 atom stereocenters. The minimum absolute atomic E-state index is 0.0107. The van der Waals surface area contributed by atoms with Gasteiger partial charge in [0.2, 0.25) is 5.91 Å². The van der Waals surface area contributed by atoms with E-state index in [1.165, 1.54) is 6.07 Å². The first-order valence-electron chi connectivity index (χ1n) is 8.58. The van der Waals surface area contributed by atoms with Crippen molar-refractivity contribution in [3.05, 3.63) is 28.8 Å². The second-order valence-electron chi connectivity index (χ2n) is 7.19. The summed E-state index contributed by atoms with van der Waals surface area (Å²) in [5.41, 5.74) is 0.786. The van der Waals surface area contributed by atoms with Crippen LogP contribution in [0.15, 0.2) is 18.2 Å². The molecule has 7 heteroatoms. The van der Waals surface area contributed by atoms with Gasteiger partial charge in [0, 0.05) is 39.8 Å². The molecule has 2 bridgehead atoms. The van der Waals surface area contributed by atoms with Gasteiger partial charge in [-0.15, -0.1) is 0 Å². The first-order valence-corrected chi connectivity index (χ1v) is 8.96. The quantitative estimate of drug-likeness (QED) is 0.873. The number of urea groups is 1. The van der Waals surface area contributed by atoms with Gasteiger partial charge in [-0.25, -0.2) is 4.79 Å². The summed E-state index contributed by atoms with van der Waals surface area (Å²) in [6.07, 6.45) is 2.24. The highest BCUT2D eigenvalue weighted by molar-refractivity contribution is 6.32. The molecule has 3 amide bonds. The molecule has 3 aliphatic heterocycles. The predicted molar refractivity (Wildman–Crippen MR) is 95.7 cm³/mol. The fraction of sp³-hybridized carbons (Fsp3) is 0.556. The van der Waals surface area contributed by atoms with E-state index in [-0.39, 0.29) is 35.2 Å². The Hall–Kier alpha value is -1.95. The number of rotatable bonds is 2. The molecule has 6 nitrogen and oxygen atoms in total. The molecule has 136 valence electrons. The van der Waals surface area contributed by atoms with Gasteiger partial charge in [0.25, 0.3) is 0 Å². The largest absolute Gasteiger partial charge is 0.506 e. The summed E-state index contributed by atoms with van der Waals surface area (Å²) < 4.78 is 0. The minimum Gasteiger partial charge on any atom is -0.506 e. The Balaban J connectivity index is 1.71. The van der Waals surface area contributed by atoms with Crippen LogP contribution in [0.5, 0.6) is 5.75 Å². The summed E-state index contributed by atoms with van der Waals surface area (Å²) in [5.74, 6) is 0.398. The van der Waals surface area contributed by atoms with Gasteiger partial charge in [-0.1, -0.05) is 17.7 Å².